The molecule has 0 saturated carbocycles. The lowest BCUT2D eigenvalue weighted by Gasteiger charge is -2.16. The summed E-state index contributed by atoms with van der Waals surface area (Å²) >= 11 is 5.84. The van der Waals surface area contributed by atoms with Gasteiger partial charge in [0.1, 0.15) is 0 Å². The molecule has 0 aromatic heterocycles. The van der Waals surface area contributed by atoms with Crippen LogP contribution in [0.2, 0.25) is 5.02 Å². The number of amides is 1. The molecule has 28 heavy (non-hydrogen) atoms. The number of Topliss-reactive ketones (excluding diaryl/α,β-unsaturated/α-hetero) is 1. The second kappa shape index (κ2) is 8.18. The normalized spacial score (nSPS) is 16.1. The summed E-state index contributed by atoms with van der Waals surface area (Å²) in [6.45, 7) is -0.407. The van der Waals surface area contributed by atoms with Crippen LogP contribution in [0, 0.1) is 16.0 Å². The maximum atomic E-state index is 12.3. The van der Waals surface area contributed by atoms with Crippen molar-refractivity contribution in [3.8, 4) is 0 Å². The lowest BCUT2D eigenvalue weighted by atomic mass is 10.1. The molecule has 8 nitrogen and oxygen atoms in total. The summed E-state index contributed by atoms with van der Waals surface area (Å²) in [5.74, 6) is -2.14. The summed E-state index contributed by atoms with van der Waals surface area (Å²) in [7, 11) is 0. The summed E-state index contributed by atoms with van der Waals surface area (Å²) < 4.78 is 5.04. The second-order valence-corrected chi connectivity index (χ2v) is 6.66. The lowest BCUT2D eigenvalue weighted by molar-refractivity contribution is -0.384. The van der Waals surface area contributed by atoms with Crippen LogP contribution in [0.5, 0.6) is 0 Å². The van der Waals surface area contributed by atoms with E-state index in [0.717, 1.165) is 6.07 Å². The Hall–Kier alpha value is -3.26. The molecule has 0 spiro atoms. The number of hydrogen-bond donors (Lipinski definition) is 0. The van der Waals surface area contributed by atoms with Gasteiger partial charge in [0.05, 0.1) is 10.8 Å². The second-order valence-electron chi connectivity index (χ2n) is 6.22. The Morgan fingerprint density at radius 2 is 1.93 bits per heavy atom. The van der Waals surface area contributed by atoms with Crippen LogP contribution in [0.3, 0.4) is 0 Å². The third-order valence-electron chi connectivity index (χ3n) is 4.32. The van der Waals surface area contributed by atoms with Gasteiger partial charge in [0.25, 0.3) is 5.69 Å². The number of ether oxygens (including phenoxy) is 1. The van der Waals surface area contributed by atoms with Gasteiger partial charge >= 0.3 is 5.97 Å². The fraction of sp³-hybridized carbons (Fsp3) is 0.211. The number of nitro benzene ring substituents is 1. The Kier molecular flexibility index (Phi) is 5.70. The fourth-order valence-corrected chi connectivity index (χ4v) is 2.99. The average Bonchev–Trinajstić information content (AvgIpc) is 3.08. The van der Waals surface area contributed by atoms with E-state index < -0.39 is 29.2 Å². The third kappa shape index (κ3) is 4.34. The molecule has 1 heterocycles. The monoisotopic (exact) mass is 402 g/mol. The van der Waals surface area contributed by atoms with Crippen molar-refractivity contribution >= 4 is 40.6 Å². The Balaban J connectivity index is 1.59. The lowest BCUT2D eigenvalue weighted by Crippen LogP contribution is -2.27. The van der Waals surface area contributed by atoms with Gasteiger partial charge in [-0.2, -0.15) is 0 Å². The van der Waals surface area contributed by atoms with Crippen molar-refractivity contribution in [2.45, 2.75) is 6.42 Å². The van der Waals surface area contributed by atoms with Crippen LogP contribution in [0.1, 0.15) is 16.8 Å². The number of esters is 1. The molecule has 1 aliphatic heterocycles. The van der Waals surface area contributed by atoms with E-state index in [1.807, 2.05) is 0 Å². The van der Waals surface area contributed by atoms with Crippen LogP contribution >= 0.6 is 11.6 Å². The molecule has 2 aromatic carbocycles. The predicted molar refractivity (Wildman–Crippen MR) is 100 cm³/mol. The quantitative estimate of drug-likeness (QED) is 0.318. The minimum atomic E-state index is -0.693. The number of nitrogens with zero attached hydrogens (tertiary/aromatic N) is 2. The number of halogens is 1. The molecular weight excluding hydrogens is 388 g/mol. The number of rotatable bonds is 6. The topological polar surface area (TPSA) is 107 Å². The first kappa shape index (κ1) is 19.5. The Labute approximate surface area is 164 Å². The summed E-state index contributed by atoms with van der Waals surface area (Å²) in [5.41, 5.74) is 0.474. The molecule has 0 bridgehead atoms. The molecule has 0 aliphatic carbocycles. The number of ketones is 1. The number of non-ortho nitro benzene ring substituents is 1. The summed E-state index contributed by atoms with van der Waals surface area (Å²) in [6.07, 6.45) is -0.0214. The van der Waals surface area contributed by atoms with E-state index in [2.05, 4.69) is 0 Å². The van der Waals surface area contributed by atoms with Gasteiger partial charge in [-0.05, 0) is 24.3 Å². The van der Waals surface area contributed by atoms with E-state index in [-0.39, 0.29) is 30.1 Å². The molecule has 3 rings (SSSR count). The van der Waals surface area contributed by atoms with E-state index in [9.17, 15) is 24.5 Å². The van der Waals surface area contributed by atoms with Crippen molar-refractivity contribution in [1.82, 2.24) is 0 Å². The van der Waals surface area contributed by atoms with E-state index >= 15 is 0 Å². The van der Waals surface area contributed by atoms with Crippen molar-refractivity contribution in [1.29, 1.82) is 0 Å². The highest BCUT2D eigenvalue weighted by Gasteiger charge is 2.36. The summed E-state index contributed by atoms with van der Waals surface area (Å²) in [4.78, 5) is 48.2. The van der Waals surface area contributed by atoms with E-state index in [1.165, 1.54) is 23.1 Å². The minimum Gasteiger partial charge on any atom is -0.457 e. The van der Waals surface area contributed by atoms with Crippen LogP contribution < -0.4 is 4.90 Å². The highest BCUT2D eigenvalue weighted by Crippen LogP contribution is 2.27. The number of benzene rings is 2. The Bertz CT molecular complexity index is 944. The average molecular weight is 403 g/mol. The predicted octanol–water partition coefficient (Wildman–Crippen LogP) is 3.03. The van der Waals surface area contributed by atoms with Gasteiger partial charge in [-0.1, -0.05) is 23.7 Å². The fourth-order valence-electron chi connectivity index (χ4n) is 2.87. The van der Waals surface area contributed by atoms with Crippen molar-refractivity contribution in [2.75, 3.05) is 18.1 Å². The first-order valence-electron chi connectivity index (χ1n) is 8.35. The van der Waals surface area contributed by atoms with Crippen molar-refractivity contribution in [3.63, 3.8) is 0 Å². The first-order valence-corrected chi connectivity index (χ1v) is 8.73. The Morgan fingerprint density at radius 3 is 2.61 bits per heavy atom. The number of hydrogen-bond acceptors (Lipinski definition) is 6. The van der Waals surface area contributed by atoms with Crippen molar-refractivity contribution in [3.05, 3.63) is 69.2 Å². The van der Waals surface area contributed by atoms with Crippen LogP contribution in [-0.2, 0) is 14.3 Å². The number of carbonyl (C=O) groups excluding carboxylic acids is 3. The van der Waals surface area contributed by atoms with Crippen molar-refractivity contribution in [2.24, 2.45) is 5.92 Å². The summed E-state index contributed by atoms with van der Waals surface area (Å²) in [5, 5.41) is 11.3. The molecule has 1 atom stereocenters. The van der Waals surface area contributed by atoms with Gasteiger partial charge in [-0.15, -0.1) is 0 Å². The molecule has 0 radical (unpaired) electrons. The van der Waals surface area contributed by atoms with E-state index in [1.54, 1.807) is 24.3 Å². The van der Waals surface area contributed by atoms with Gasteiger partial charge in [0.15, 0.2) is 6.61 Å². The van der Waals surface area contributed by atoms with Gasteiger partial charge in [0.2, 0.25) is 11.7 Å². The number of anilines is 1. The SMILES string of the molecule is O=C(COC(=O)[C@@H]1CC(=O)N(c2ccc(Cl)cc2)C1)c1cccc([N+](=O)[O-])c1. The molecule has 1 aliphatic rings. The molecule has 1 amide bonds. The zero-order valence-electron chi connectivity index (χ0n) is 14.5. The molecule has 0 unspecified atom stereocenters. The zero-order chi connectivity index (χ0) is 20.3. The maximum absolute atomic E-state index is 12.3. The maximum Gasteiger partial charge on any atom is 0.311 e. The molecule has 144 valence electrons. The third-order valence-corrected chi connectivity index (χ3v) is 4.57. The van der Waals surface area contributed by atoms with Gasteiger partial charge < -0.3 is 9.64 Å². The molecule has 1 saturated heterocycles. The van der Waals surface area contributed by atoms with Gasteiger partial charge in [0, 0.05) is 41.4 Å². The summed E-state index contributed by atoms with van der Waals surface area (Å²) in [6, 6.07) is 11.8. The molecule has 2 aromatic rings. The van der Waals surface area contributed by atoms with Crippen LogP contribution in [-0.4, -0.2) is 35.7 Å². The molecular formula is C19H15ClN2O6. The number of carbonyl (C=O) groups is 3. The minimum absolute atomic E-state index is 0.0214. The van der Waals surface area contributed by atoms with Gasteiger partial charge in [-0.3, -0.25) is 24.5 Å². The first-order chi connectivity index (χ1) is 13.3. The van der Waals surface area contributed by atoms with E-state index in [0.29, 0.717) is 10.7 Å². The van der Waals surface area contributed by atoms with Crippen molar-refractivity contribution < 1.29 is 24.0 Å². The molecule has 9 heteroatoms. The smallest absolute Gasteiger partial charge is 0.311 e. The largest absolute Gasteiger partial charge is 0.457 e. The Morgan fingerprint density at radius 1 is 1.21 bits per heavy atom. The van der Waals surface area contributed by atoms with Crippen LogP contribution in [0.4, 0.5) is 11.4 Å². The van der Waals surface area contributed by atoms with E-state index in [4.69, 9.17) is 16.3 Å². The number of nitro groups is 1. The molecule has 1 fully saturated rings. The standard InChI is InChI=1S/C19H15ClN2O6/c20-14-4-6-15(7-5-14)21-10-13(9-18(21)24)19(25)28-11-17(23)12-2-1-3-16(8-12)22(26)27/h1-8,13H,9-11H2/t13-/m1/s1. The highest BCUT2D eigenvalue weighted by atomic mass is 35.5. The highest BCUT2D eigenvalue weighted by molar-refractivity contribution is 6.30. The zero-order valence-corrected chi connectivity index (χ0v) is 15.3. The van der Waals surface area contributed by atoms with Crippen LogP contribution in [0.15, 0.2) is 48.5 Å². The van der Waals surface area contributed by atoms with Gasteiger partial charge in [-0.25, -0.2) is 0 Å². The molecule has 0 N–H and O–H groups in total. The van der Waals surface area contributed by atoms with Crippen LogP contribution in [0.25, 0.3) is 0 Å².